The van der Waals surface area contributed by atoms with E-state index < -0.39 is 5.82 Å². The van der Waals surface area contributed by atoms with Crippen molar-refractivity contribution in [3.05, 3.63) is 29.6 Å². The lowest BCUT2D eigenvalue weighted by molar-refractivity contribution is 0.121. The number of aliphatic hydroxyl groups excluding tert-OH is 1. The summed E-state index contributed by atoms with van der Waals surface area (Å²) in [5.74, 6) is -0.280. The maximum atomic E-state index is 13.7. The zero-order valence-electron chi connectivity index (χ0n) is 13.9. The average Bonchev–Trinajstić information content (AvgIpc) is 2.88. The first-order valence-electron chi connectivity index (χ1n) is 7.91. The van der Waals surface area contributed by atoms with Crippen LogP contribution in [0, 0.1) is 11.2 Å². The number of aliphatic hydroxyl groups is 1. The van der Waals surface area contributed by atoms with Gasteiger partial charge in [-0.1, -0.05) is 19.4 Å². The third kappa shape index (κ3) is 3.93. The molecule has 3 N–H and O–H groups in total. The van der Waals surface area contributed by atoms with Gasteiger partial charge in [-0.15, -0.1) is 0 Å². The molecule has 3 unspecified atom stereocenters. The summed E-state index contributed by atoms with van der Waals surface area (Å²) in [5, 5.41) is 15.3. The van der Waals surface area contributed by atoms with Crippen molar-refractivity contribution < 1.29 is 19.0 Å². The van der Waals surface area contributed by atoms with Crippen LogP contribution in [0.15, 0.2) is 18.2 Å². The van der Waals surface area contributed by atoms with Crippen LogP contribution in [0.25, 0.3) is 0 Å². The number of hydrogen-bond acceptors (Lipinski definition) is 3. The van der Waals surface area contributed by atoms with Gasteiger partial charge in [-0.2, -0.15) is 0 Å². The van der Waals surface area contributed by atoms with Gasteiger partial charge in [-0.25, -0.2) is 9.18 Å². The molecule has 1 aromatic carbocycles. The predicted octanol–water partition coefficient (Wildman–Crippen LogP) is 2.75. The Bertz CT molecular complexity index is 567. The second kappa shape index (κ2) is 7.17. The van der Waals surface area contributed by atoms with Crippen molar-refractivity contribution in [2.75, 3.05) is 13.7 Å². The number of halogens is 1. The third-order valence-corrected chi connectivity index (χ3v) is 4.77. The lowest BCUT2D eigenvalue weighted by Gasteiger charge is -2.30. The molecule has 0 aromatic heterocycles. The molecule has 1 aliphatic rings. The topological polar surface area (TPSA) is 70.6 Å². The zero-order chi connectivity index (χ0) is 17.0. The number of rotatable bonds is 5. The Morgan fingerprint density at radius 2 is 2.30 bits per heavy atom. The Morgan fingerprint density at radius 3 is 2.91 bits per heavy atom. The molecule has 0 heterocycles. The van der Waals surface area contributed by atoms with Gasteiger partial charge in [0.05, 0.1) is 19.8 Å². The Hall–Kier alpha value is -1.82. The van der Waals surface area contributed by atoms with Gasteiger partial charge < -0.3 is 20.5 Å². The number of methoxy groups -OCH3 is 1. The van der Waals surface area contributed by atoms with Gasteiger partial charge in [0, 0.05) is 11.5 Å². The Morgan fingerprint density at radius 1 is 1.57 bits per heavy atom. The van der Waals surface area contributed by atoms with Crippen LogP contribution in [0.4, 0.5) is 9.18 Å². The van der Waals surface area contributed by atoms with Crippen molar-refractivity contribution >= 4 is 6.03 Å². The van der Waals surface area contributed by atoms with E-state index in [0.717, 1.165) is 19.3 Å². The minimum atomic E-state index is -0.456. The van der Waals surface area contributed by atoms with Crippen molar-refractivity contribution in [1.82, 2.24) is 10.6 Å². The summed E-state index contributed by atoms with van der Waals surface area (Å²) in [6, 6.07) is 3.93. The Labute approximate surface area is 136 Å². The van der Waals surface area contributed by atoms with E-state index in [0.29, 0.717) is 5.56 Å². The van der Waals surface area contributed by atoms with Crippen LogP contribution < -0.4 is 15.4 Å². The van der Waals surface area contributed by atoms with Gasteiger partial charge in [0.25, 0.3) is 0 Å². The third-order valence-electron chi connectivity index (χ3n) is 4.77. The first-order valence-corrected chi connectivity index (χ1v) is 7.91. The number of urea groups is 1. The van der Waals surface area contributed by atoms with Crippen LogP contribution in [0.1, 0.15) is 44.7 Å². The fourth-order valence-electron chi connectivity index (χ4n) is 3.10. The fourth-order valence-corrected chi connectivity index (χ4v) is 3.10. The van der Waals surface area contributed by atoms with E-state index in [9.17, 15) is 14.3 Å². The van der Waals surface area contributed by atoms with Crippen LogP contribution >= 0.6 is 0 Å². The number of carbonyl (C=O) groups is 1. The number of benzene rings is 1. The normalized spacial score (nSPS) is 25.0. The van der Waals surface area contributed by atoms with Crippen LogP contribution in [0.3, 0.4) is 0 Å². The van der Waals surface area contributed by atoms with E-state index in [4.69, 9.17) is 4.74 Å². The van der Waals surface area contributed by atoms with E-state index in [1.54, 1.807) is 19.1 Å². The van der Waals surface area contributed by atoms with Gasteiger partial charge in [-0.3, -0.25) is 0 Å². The summed E-state index contributed by atoms with van der Waals surface area (Å²) in [5.41, 5.74) is 0.391. The standard InChI is InChI=1S/C17H25FN2O3/c1-11(12-6-7-14(23-3)13(18)9-12)19-16(22)20-15-5-4-8-17(15,2)10-21/h6-7,9,11,15,21H,4-5,8,10H2,1-3H3,(H2,19,20,22). The molecule has 0 bridgehead atoms. The highest BCUT2D eigenvalue weighted by atomic mass is 19.1. The molecule has 1 aromatic rings. The van der Waals surface area contributed by atoms with E-state index in [1.165, 1.54) is 13.2 Å². The SMILES string of the molecule is COc1ccc(C(C)NC(=O)NC2CCCC2(C)CO)cc1F. The van der Waals surface area contributed by atoms with Gasteiger partial charge in [0.1, 0.15) is 0 Å². The molecule has 2 amide bonds. The Kier molecular flexibility index (Phi) is 5.46. The highest BCUT2D eigenvalue weighted by molar-refractivity contribution is 5.75. The van der Waals surface area contributed by atoms with Crippen molar-refractivity contribution in [3.8, 4) is 5.75 Å². The second-order valence-corrected chi connectivity index (χ2v) is 6.49. The van der Waals surface area contributed by atoms with Gasteiger partial charge in [0.2, 0.25) is 0 Å². The minimum absolute atomic E-state index is 0.0488. The molecule has 0 saturated heterocycles. The molecule has 128 valence electrons. The van der Waals surface area contributed by atoms with Crippen LogP contribution in [0.5, 0.6) is 5.75 Å². The molecule has 0 aliphatic heterocycles. The molecule has 1 aliphatic carbocycles. The molecule has 1 saturated carbocycles. The average molecular weight is 324 g/mol. The molecular weight excluding hydrogens is 299 g/mol. The summed E-state index contributed by atoms with van der Waals surface area (Å²) in [7, 11) is 1.41. The number of ether oxygens (including phenoxy) is 1. The second-order valence-electron chi connectivity index (χ2n) is 6.49. The van der Waals surface area contributed by atoms with Crippen LogP contribution in [-0.2, 0) is 0 Å². The van der Waals surface area contributed by atoms with Crippen molar-refractivity contribution in [2.45, 2.75) is 45.2 Å². The van der Waals surface area contributed by atoms with Gasteiger partial charge in [0.15, 0.2) is 11.6 Å². The maximum absolute atomic E-state index is 13.7. The number of carbonyl (C=O) groups excluding carboxylic acids is 1. The number of hydrogen-bond donors (Lipinski definition) is 3. The first-order chi connectivity index (χ1) is 10.9. The molecule has 3 atom stereocenters. The summed E-state index contributed by atoms with van der Waals surface area (Å²) in [6.07, 6.45) is 2.74. The van der Waals surface area contributed by atoms with Gasteiger partial charge >= 0.3 is 6.03 Å². The number of amides is 2. The van der Waals surface area contributed by atoms with Gasteiger partial charge in [-0.05, 0) is 37.5 Å². The largest absolute Gasteiger partial charge is 0.494 e. The van der Waals surface area contributed by atoms with E-state index in [-0.39, 0.29) is 35.9 Å². The molecule has 0 radical (unpaired) electrons. The predicted molar refractivity (Wildman–Crippen MR) is 85.9 cm³/mol. The summed E-state index contributed by atoms with van der Waals surface area (Å²) in [4.78, 5) is 12.2. The minimum Gasteiger partial charge on any atom is -0.494 e. The molecule has 23 heavy (non-hydrogen) atoms. The zero-order valence-corrected chi connectivity index (χ0v) is 13.9. The highest BCUT2D eigenvalue weighted by Crippen LogP contribution is 2.37. The fraction of sp³-hybridized carbons (Fsp3) is 0.588. The molecule has 5 nitrogen and oxygen atoms in total. The van der Waals surface area contributed by atoms with Crippen molar-refractivity contribution in [3.63, 3.8) is 0 Å². The van der Waals surface area contributed by atoms with Crippen molar-refractivity contribution in [1.29, 1.82) is 0 Å². The molecule has 1 fully saturated rings. The van der Waals surface area contributed by atoms with Crippen molar-refractivity contribution in [2.24, 2.45) is 5.41 Å². The summed E-state index contributed by atoms with van der Waals surface area (Å²) in [6.45, 7) is 3.82. The highest BCUT2D eigenvalue weighted by Gasteiger charge is 2.39. The van der Waals surface area contributed by atoms with Crippen LogP contribution in [0.2, 0.25) is 0 Å². The smallest absolute Gasteiger partial charge is 0.315 e. The quantitative estimate of drug-likeness (QED) is 0.780. The molecule has 6 heteroatoms. The maximum Gasteiger partial charge on any atom is 0.315 e. The monoisotopic (exact) mass is 324 g/mol. The Balaban J connectivity index is 1.96. The summed E-state index contributed by atoms with van der Waals surface area (Å²) < 4.78 is 18.6. The van der Waals surface area contributed by atoms with E-state index in [2.05, 4.69) is 10.6 Å². The molecule has 2 rings (SSSR count). The molecular formula is C17H25FN2O3. The first kappa shape index (κ1) is 17.5. The lowest BCUT2D eigenvalue weighted by atomic mass is 9.86. The number of nitrogens with one attached hydrogen (secondary N) is 2. The van der Waals surface area contributed by atoms with E-state index in [1.807, 2.05) is 6.92 Å². The van der Waals surface area contributed by atoms with Crippen LogP contribution in [-0.4, -0.2) is 30.9 Å². The lowest BCUT2D eigenvalue weighted by Crippen LogP contribution is -2.49. The summed E-state index contributed by atoms with van der Waals surface area (Å²) >= 11 is 0. The molecule has 0 spiro atoms. The van der Waals surface area contributed by atoms with E-state index >= 15 is 0 Å².